The second-order valence-corrected chi connectivity index (χ2v) is 3.94. The van der Waals surface area contributed by atoms with Crippen molar-refractivity contribution in [1.82, 2.24) is 9.80 Å². The van der Waals surface area contributed by atoms with E-state index in [4.69, 9.17) is 4.74 Å². The first-order valence-corrected chi connectivity index (χ1v) is 5.72. The first-order valence-electron chi connectivity index (χ1n) is 5.72. The van der Waals surface area contributed by atoms with Crippen LogP contribution in [0.2, 0.25) is 0 Å². The summed E-state index contributed by atoms with van der Waals surface area (Å²) in [7, 11) is 1.71. The Kier molecular flexibility index (Phi) is 4.93. The Morgan fingerprint density at radius 1 is 1.29 bits per heavy atom. The molecule has 0 aromatic carbocycles. The molecule has 17 heavy (non-hydrogen) atoms. The lowest BCUT2D eigenvalue weighted by Gasteiger charge is -2.31. The lowest BCUT2D eigenvalue weighted by molar-refractivity contribution is -0.148. The fourth-order valence-electron chi connectivity index (χ4n) is 1.57. The van der Waals surface area contributed by atoms with Crippen LogP contribution in [0.1, 0.15) is 19.8 Å². The lowest BCUT2D eigenvalue weighted by atomic mass is 10.2. The smallest absolute Gasteiger partial charge is 0.306 e. The lowest BCUT2D eigenvalue weighted by Crippen LogP contribution is -2.50. The van der Waals surface area contributed by atoms with E-state index in [0.29, 0.717) is 19.7 Å². The van der Waals surface area contributed by atoms with Gasteiger partial charge >= 0.3 is 5.97 Å². The maximum absolute atomic E-state index is 11.7. The summed E-state index contributed by atoms with van der Waals surface area (Å²) >= 11 is 0. The van der Waals surface area contributed by atoms with Crippen LogP contribution in [0, 0.1) is 0 Å². The van der Waals surface area contributed by atoms with E-state index in [2.05, 4.69) is 0 Å². The highest BCUT2D eigenvalue weighted by Crippen LogP contribution is 2.05. The summed E-state index contributed by atoms with van der Waals surface area (Å²) in [6.45, 7) is 3.23. The minimum Gasteiger partial charge on any atom is -0.466 e. The number of amides is 2. The van der Waals surface area contributed by atoms with Crippen molar-refractivity contribution in [1.29, 1.82) is 0 Å². The van der Waals surface area contributed by atoms with Crippen LogP contribution in [0.15, 0.2) is 0 Å². The fraction of sp³-hybridized carbons (Fsp3) is 0.727. The van der Waals surface area contributed by atoms with E-state index in [1.165, 1.54) is 4.90 Å². The number of rotatable bonds is 4. The molecule has 96 valence electrons. The molecule has 0 saturated carbocycles. The van der Waals surface area contributed by atoms with Gasteiger partial charge in [0.15, 0.2) is 0 Å². The Morgan fingerprint density at radius 3 is 2.59 bits per heavy atom. The maximum Gasteiger partial charge on any atom is 0.306 e. The summed E-state index contributed by atoms with van der Waals surface area (Å²) in [5, 5.41) is 0. The average molecular weight is 242 g/mol. The topological polar surface area (TPSA) is 66.9 Å². The van der Waals surface area contributed by atoms with Gasteiger partial charge in [-0.15, -0.1) is 0 Å². The van der Waals surface area contributed by atoms with Gasteiger partial charge in [0.05, 0.1) is 19.6 Å². The standard InChI is InChI=1S/C11H18N2O4/c1-3-17-11(16)5-4-9(14)13-7-6-12(2)10(15)8-13/h3-8H2,1-2H3. The molecule has 1 saturated heterocycles. The van der Waals surface area contributed by atoms with Gasteiger partial charge in [0.1, 0.15) is 0 Å². The van der Waals surface area contributed by atoms with E-state index in [1.54, 1.807) is 18.9 Å². The molecular formula is C11H18N2O4. The molecule has 0 unspecified atom stereocenters. The summed E-state index contributed by atoms with van der Waals surface area (Å²) in [4.78, 5) is 37.3. The zero-order chi connectivity index (χ0) is 12.8. The van der Waals surface area contributed by atoms with Crippen molar-refractivity contribution in [3.05, 3.63) is 0 Å². The zero-order valence-corrected chi connectivity index (χ0v) is 10.3. The number of likely N-dealkylation sites (N-methyl/N-ethyl adjacent to an activating group) is 1. The molecule has 6 nitrogen and oxygen atoms in total. The molecule has 1 rings (SSSR count). The summed E-state index contributed by atoms with van der Waals surface area (Å²) in [6, 6.07) is 0. The van der Waals surface area contributed by atoms with E-state index < -0.39 is 0 Å². The third-order valence-corrected chi connectivity index (χ3v) is 2.66. The predicted molar refractivity (Wildman–Crippen MR) is 60.1 cm³/mol. The van der Waals surface area contributed by atoms with Gasteiger partial charge in [-0.3, -0.25) is 14.4 Å². The minimum absolute atomic E-state index is 0.0688. The molecular weight excluding hydrogens is 224 g/mol. The first kappa shape index (κ1) is 13.5. The van der Waals surface area contributed by atoms with E-state index in [9.17, 15) is 14.4 Å². The number of carbonyl (C=O) groups is 3. The van der Waals surface area contributed by atoms with Crippen LogP contribution < -0.4 is 0 Å². The normalized spacial score (nSPS) is 16.0. The van der Waals surface area contributed by atoms with E-state index in [0.717, 1.165) is 0 Å². The Hall–Kier alpha value is -1.59. The Bertz CT molecular complexity index is 317. The first-order chi connectivity index (χ1) is 8.04. The fourth-order valence-corrected chi connectivity index (χ4v) is 1.57. The van der Waals surface area contributed by atoms with Gasteiger partial charge in [0.25, 0.3) is 0 Å². The second kappa shape index (κ2) is 6.22. The van der Waals surface area contributed by atoms with Gasteiger partial charge in [0.2, 0.25) is 11.8 Å². The van der Waals surface area contributed by atoms with E-state index in [-0.39, 0.29) is 37.2 Å². The van der Waals surface area contributed by atoms with Gasteiger partial charge in [-0.25, -0.2) is 0 Å². The van der Waals surface area contributed by atoms with E-state index >= 15 is 0 Å². The number of piperazine rings is 1. The van der Waals surface area contributed by atoms with Gasteiger partial charge < -0.3 is 14.5 Å². The maximum atomic E-state index is 11.7. The molecule has 0 spiro atoms. The quantitative estimate of drug-likeness (QED) is 0.631. The van der Waals surface area contributed by atoms with Crippen LogP contribution in [0.3, 0.4) is 0 Å². The summed E-state index contributed by atoms with van der Waals surface area (Å²) in [6.07, 6.45) is 0.184. The zero-order valence-electron chi connectivity index (χ0n) is 10.3. The van der Waals surface area contributed by atoms with Gasteiger partial charge in [-0.1, -0.05) is 0 Å². The van der Waals surface area contributed by atoms with Crippen LogP contribution in [-0.4, -0.2) is 60.9 Å². The molecule has 1 aliphatic heterocycles. The Labute approximate surface area is 101 Å². The number of carbonyl (C=O) groups excluding carboxylic acids is 3. The van der Waals surface area contributed by atoms with Crippen molar-refractivity contribution in [2.45, 2.75) is 19.8 Å². The van der Waals surface area contributed by atoms with Crippen molar-refractivity contribution in [3.63, 3.8) is 0 Å². The molecule has 0 N–H and O–H groups in total. The van der Waals surface area contributed by atoms with Crippen molar-refractivity contribution < 1.29 is 19.1 Å². The third kappa shape index (κ3) is 4.05. The molecule has 0 atom stereocenters. The molecule has 1 fully saturated rings. The summed E-state index contributed by atoms with van der Waals surface area (Å²) < 4.78 is 4.73. The van der Waals surface area contributed by atoms with E-state index in [1.807, 2.05) is 0 Å². The highest BCUT2D eigenvalue weighted by molar-refractivity contribution is 5.87. The molecule has 0 aliphatic carbocycles. The second-order valence-electron chi connectivity index (χ2n) is 3.94. The summed E-state index contributed by atoms with van der Waals surface area (Å²) in [5.41, 5.74) is 0. The Balaban J connectivity index is 2.33. The van der Waals surface area contributed by atoms with Crippen LogP contribution in [-0.2, 0) is 19.1 Å². The number of hydrogen-bond donors (Lipinski definition) is 0. The highest BCUT2D eigenvalue weighted by atomic mass is 16.5. The van der Waals surface area contributed by atoms with Crippen LogP contribution >= 0.6 is 0 Å². The molecule has 0 aromatic heterocycles. The summed E-state index contributed by atoms with van der Waals surface area (Å²) in [5.74, 6) is -0.610. The number of hydrogen-bond acceptors (Lipinski definition) is 4. The van der Waals surface area contributed by atoms with Crippen LogP contribution in [0.4, 0.5) is 0 Å². The average Bonchev–Trinajstić information content (AvgIpc) is 2.30. The largest absolute Gasteiger partial charge is 0.466 e. The molecule has 0 aromatic rings. The molecule has 1 aliphatic rings. The van der Waals surface area contributed by atoms with Crippen LogP contribution in [0.5, 0.6) is 0 Å². The molecule has 0 radical (unpaired) electrons. The number of nitrogens with zero attached hydrogens (tertiary/aromatic N) is 2. The van der Waals surface area contributed by atoms with Gasteiger partial charge in [-0.2, -0.15) is 0 Å². The molecule has 1 heterocycles. The van der Waals surface area contributed by atoms with Crippen molar-refractivity contribution in [2.24, 2.45) is 0 Å². The Morgan fingerprint density at radius 2 is 2.00 bits per heavy atom. The third-order valence-electron chi connectivity index (χ3n) is 2.66. The SMILES string of the molecule is CCOC(=O)CCC(=O)N1CCN(C)C(=O)C1. The van der Waals surface area contributed by atoms with Crippen molar-refractivity contribution in [2.75, 3.05) is 33.3 Å². The monoisotopic (exact) mass is 242 g/mol. The van der Waals surface area contributed by atoms with Gasteiger partial charge in [0, 0.05) is 26.6 Å². The molecule has 0 bridgehead atoms. The molecule has 2 amide bonds. The number of esters is 1. The van der Waals surface area contributed by atoms with Gasteiger partial charge in [-0.05, 0) is 6.92 Å². The highest BCUT2D eigenvalue weighted by Gasteiger charge is 2.24. The predicted octanol–water partition coefficient (Wildman–Crippen LogP) is -0.370. The number of ether oxygens (including phenoxy) is 1. The molecule has 6 heteroatoms. The van der Waals surface area contributed by atoms with Crippen molar-refractivity contribution in [3.8, 4) is 0 Å². The minimum atomic E-state index is -0.374. The van der Waals surface area contributed by atoms with Crippen LogP contribution in [0.25, 0.3) is 0 Å². The van der Waals surface area contributed by atoms with Crippen molar-refractivity contribution >= 4 is 17.8 Å².